The van der Waals surface area contributed by atoms with Gasteiger partial charge in [0, 0.05) is 15.1 Å². The van der Waals surface area contributed by atoms with Crippen molar-refractivity contribution in [3.05, 3.63) is 33.3 Å². The first-order valence-corrected chi connectivity index (χ1v) is 6.78. The highest BCUT2D eigenvalue weighted by Crippen LogP contribution is 2.22. The maximum atomic E-state index is 12.1. The van der Waals surface area contributed by atoms with Crippen molar-refractivity contribution in [3.63, 3.8) is 0 Å². The van der Waals surface area contributed by atoms with Crippen molar-refractivity contribution in [2.45, 2.75) is 26.8 Å². The van der Waals surface area contributed by atoms with Crippen LogP contribution in [0.5, 0.6) is 0 Å². The Morgan fingerprint density at radius 1 is 1.32 bits per heavy atom. The molecule has 0 aliphatic carbocycles. The molecule has 0 aliphatic heterocycles. The largest absolute Gasteiger partial charge is 0.480 e. The molecule has 0 bridgehead atoms. The van der Waals surface area contributed by atoms with Gasteiger partial charge in [-0.1, -0.05) is 48.3 Å². The molecule has 0 spiro atoms. The van der Waals surface area contributed by atoms with Crippen molar-refractivity contribution in [3.8, 4) is 0 Å². The summed E-state index contributed by atoms with van der Waals surface area (Å²) in [6, 6.07) is 3.75. The number of halogens is 2. The molecule has 1 amide bonds. The van der Waals surface area contributed by atoms with Crippen LogP contribution in [0.2, 0.25) is 5.02 Å². The van der Waals surface area contributed by atoms with E-state index >= 15 is 0 Å². The number of hydrogen-bond acceptors (Lipinski definition) is 2. The molecule has 1 atom stereocenters. The Balaban J connectivity index is 2.97. The molecular weight excluding hydrogens is 334 g/mol. The number of carboxylic acid groups (broad SMARTS) is 1. The fourth-order valence-corrected chi connectivity index (χ4v) is 2.41. The molecule has 0 saturated heterocycles. The van der Waals surface area contributed by atoms with Gasteiger partial charge in [0.25, 0.3) is 5.91 Å². The second-order valence-corrected chi connectivity index (χ2v) is 6.62. The number of carbonyl (C=O) groups excluding carboxylic acids is 1. The number of carbonyl (C=O) groups is 2. The van der Waals surface area contributed by atoms with Gasteiger partial charge in [0.05, 0.1) is 0 Å². The Kier molecular flexibility index (Phi) is 4.98. The van der Waals surface area contributed by atoms with Gasteiger partial charge in [-0.3, -0.25) is 4.79 Å². The van der Waals surface area contributed by atoms with Crippen molar-refractivity contribution in [1.29, 1.82) is 0 Å². The smallest absolute Gasteiger partial charge is 0.326 e. The maximum absolute atomic E-state index is 12.1. The minimum Gasteiger partial charge on any atom is -0.480 e. The van der Waals surface area contributed by atoms with Crippen molar-refractivity contribution < 1.29 is 14.7 Å². The van der Waals surface area contributed by atoms with Crippen LogP contribution in [-0.2, 0) is 4.79 Å². The molecule has 6 heteroatoms. The summed E-state index contributed by atoms with van der Waals surface area (Å²) in [5.41, 5.74) is -0.271. The Morgan fingerprint density at radius 3 is 2.32 bits per heavy atom. The topological polar surface area (TPSA) is 66.4 Å². The number of hydrogen-bond donors (Lipinski definition) is 2. The summed E-state index contributed by atoms with van der Waals surface area (Å²) in [4.78, 5) is 23.3. The lowest BCUT2D eigenvalue weighted by molar-refractivity contribution is -0.142. The maximum Gasteiger partial charge on any atom is 0.326 e. The third-order valence-electron chi connectivity index (χ3n) is 2.51. The van der Waals surface area contributed by atoms with E-state index in [9.17, 15) is 9.59 Å². The van der Waals surface area contributed by atoms with Crippen LogP contribution in [-0.4, -0.2) is 23.0 Å². The Labute approximate surface area is 125 Å². The standard InChI is InChI=1S/C13H15BrClNO3/c1-13(2,3)10(12(18)19)16-11(17)7-4-8(14)6-9(15)5-7/h4-6,10H,1-3H3,(H,16,17)(H,18,19)/t10-/m0/s1. The molecule has 0 fully saturated rings. The van der Waals surface area contributed by atoms with Gasteiger partial charge in [-0.05, 0) is 23.6 Å². The molecule has 0 saturated carbocycles. The van der Waals surface area contributed by atoms with E-state index in [4.69, 9.17) is 16.7 Å². The van der Waals surface area contributed by atoms with Crippen molar-refractivity contribution >= 4 is 39.4 Å². The molecule has 0 heterocycles. The van der Waals surface area contributed by atoms with Crippen LogP contribution < -0.4 is 5.32 Å². The van der Waals surface area contributed by atoms with E-state index < -0.39 is 23.3 Å². The minimum atomic E-state index is -1.07. The van der Waals surface area contributed by atoms with Gasteiger partial charge in [0.15, 0.2) is 0 Å². The van der Waals surface area contributed by atoms with Gasteiger partial charge in [-0.15, -0.1) is 0 Å². The molecule has 19 heavy (non-hydrogen) atoms. The van der Waals surface area contributed by atoms with Gasteiger partial charge in [0.2, 0.25) is 0 Å². The van der Waals surface area contributed by atoms with Crippen LogP contribution in [0.3, 0.4) is 0 Å². The monoisotopic (exact) mass is 347 g/mol. The molecule has 0 aromatic heterocycles. The molecule has 0 radical (unpaired) electrons. The zero-order valence-electron chi connectivity index (χ0n) is 10.8. The van der Waals surface area contributed by atoms with E-state index in [2.05, 4.69) is 21.2 Å². The summed E-state index contributed by atoms with van der Waals surface area (Å²) >= 11 is 9.09. The molecule has 1 aromatic carbocycles. The number of rotatable bonds is 3. The molecule has 104 valence electrons. The van der Waals surface area contributed by atoms with Gasteiger partial charge in [0.1, 0.15) is 6.04 Å². The molecule has 0 unspecified atom stereocenters. The zero-order chi connectivity index (χ0) is 14.8. The van der Waals surface area contributed by atoms with E-state index in [0.29, 0.717) is 15.1 Å². The van der Waals surface area contributed by atoms with E-state index in [-0.39, 0.29) is 0 Å². The van der Waals surface area contributed by atoms with E-state index in [1.807, 2.05) is 0 Å². The van der Waals surface area contributed by atoms with Gasteiger partial charge >= 0.3 is 5.97 Å². The van der Waals surface area contributed by atoms with Crippen molar-refractivity contribution in [2.24, 2.45) is 5.41 Å². The van der Waals surface area contributed by atoms with Gasteiger partial charge in [-0.25, -0.2) is 4.79 Å². The summed E-state index contributed by atoms with van der Waals surface area (Å²) in [6.45, 7) is 5.25. The highest BCUT2D eigenvalue weighted by atomic mass is 79.9. The first kappa shape index (κ1) is 16.0. The van der Waals surface area contributed by atoms with Crippen molar-refractivity contribution in [1.82, 2.24) is 5.32 Å². The molecule has 1 rings (SSSR count). The Morgan fingerprint density at radius 2 is 1.89 bits per heavy atom. The lowest BCUT2D eigenvalue weighted by Crippen LogP contribution is -2.49. The normalized spacial score (nSPS) is 12.9. The highest BCUT2D eigenvalue weighted by molar-refractivity contribution is 9.10. The molecule has 2 N–H and O–H groups in total. The lowest BCUT2D eigenvalue weighted by Gasteiger charge is -2.27. The summed E-state index contributed by atoms with van der Waals surface area (Å²) in [5.74, 6) is -1.53. The summed E-state index contributed by atoms with van der Waals surface area (Å²) in [5, 5.41) is 12.1. The van der Waals surface area contributed by atoms with Crippen LogP contribution in [0.25, 0.3) is 0 Å². The van der Waals surface area contributed by atoms with Gasteiger partial charge in [-0.2, -0.15) is 0 Å². The zero-order valence-corrected chi connectivity index (χ0v) is 13.2. The van der Waals surface area contributed by atoms with Crippen LogP contribution in [0.1, 0.15) is 31.1 Å². The predicted molar refractivity (Wildman–Crippen MR) is 77.5 cm³/mol. The van der Waals surface area contributed by atoms with Crippen LogP contribution >= 0.6 is 27.5 Å². The number of benzene rings is 1. The third kappa shape index (κ3) is 4.51. The Hall–Kier alpha value is -1.07. The average Bonchev–Trinajstić information content (AvgIpc) is 2.21. The molecule has 1 aromatic rings. The Bertz CT molecular complexity index is 491. The first-order chi connectivity index (χ1) is 8.61. The first-order valence-electron chi connectivity index (χ1n) is 5.61. The SMILES string of the molecule is CC(C)(C)[C@@H](NC(=O)c1cc(Cl)cc(Br)c1)C(=O)O. The molecule has 0 aliphatic rings. The van der Waals surface area contributed by atoms with E-state index in [1.165, 1.54) is 6.07 Å². The lowest BCUT2D eigenvalue weighted by atomic mass is 9.86. The second-order valence-electron chi connectivity index (χ2n) is 5.27. The molecule has 4 nitrogen and oxygen atoms in total. The fraction of sp³-hybridized carbons (Fsp3) is 0.385. The van der Waals surface area contributed by atoms with Gasteiger partial charge < -0.3 is 10.4 Å². The predicted octanol–water partition coefficient (Wildman–Crippen LogP) is 3.33. The second kappa shape index (κ2) is 5.92. The summed E-state index contributed by atoms with van der Waals surface area (Å²) in [7, 11) is 0. The van der Waals surface area contributed by atoms with Crippen LogP contribution in [0, 0.1) is 5.41 Å². The number of carboxylic acids is 1. The minimum absolute atomic E-state index is 0.315. The fourth-order valence-electron chi connectivity index (χ4n) is 1.55. The summed E-state index contributed by atoms with van der Waals surface area (Å²) < 4.78 is 0.660. The number of nitrogens with one attached hydrogen (secondary N) is 1. The number of aliphatic carboxylic acids is 1. The molecular formula is C13H15BrClNO3. The van der Waals surface area contributed by atoms with E-state index in [1.54, 1.807) is 32.9 Å². The quantitative estimate of drug-likeness (QED) is 0.880. The van der Waals surface area contributed by atoms with Crippen LogP contribution in [0.4, 0.5) is 0 Å². The van der Waals surface area contributed by atoms with E-state index in [0.717, 1.165) is 0 Å². The third-order valence-corrected chi connectivity index (χ3v) is 3.19. The highest BCUT2D eigenvalue weighted by Gasteiger charge is 2.32. The van der Waals surface area contributed by atoms with Crippen molar-refractivity contribution in [2.75, 3.05) is 0 Å². The average molecular weight is 349 g/mol. The van der Waals surface area contributed by atoms with Crippen LogP contribution in [0.15, 0.2) is 22.7 Å². The number of amides is 1. The summed E-state index contributed by atoms with van der Waals surface area (Å²) in [6.07, 6.45) is 0.